The first-order chi connectivity index (χ1) is 12.3. The summed E-state index contributed by atoms with van der Waals surface area (Å²) in [6, 6.07) is 8.90. The van der Waals surface area contributed by atoms with Crippen LogP contribution >= 0.6 is 0 Å². The molecule has 2 aromatic rings. The number of hydrogen-bond donors (Lipinski definition) is 4. The van der Waals surface area contributed by atoms with Crippen LogP contribution in [0.3, 0.4) is 0 Å². The highest BCUT2D eigenvalue weighted by Gasteiger charge is 2.04. The van der Waals surface area contributed by atoms with Gasteiger partial charge in [0.1, 0.15) is 0 Å². The molecule has 0 aliphatic rings. The zero-order valence-corrected chi connectivity index (χ0v) is 15.4. The third kappa shape index (κ3) is 10.1. The number of aliphatic carboxylic acids is 2. The number of pyridine rings is 2. The number of nitrogens with one attached hydrogen (secondary N) is 2. The van der Waals surface area contributed by atoms with Gasteiger partial charge < -0.3 is 20.8 Å². The van der Waals surface area contributed by atoms with Crippen molar-refractivity contribution in [2.75, 3.05) is 14.1 Å². The fourth-order valence-electron chi connectivity index (χ4n) is 1.64. The molecular weight excluding hydrogens is 336 g/mol. The number of nitrogens with zero attached hydrogens (tertiary/aromatic N) is 2. The number of carboxylic acids is 2. The summed E-state index contributed by atoms with van der Waals surface area (Å²) in [6.45, 7) is 4.24. The summed E-state index contributed by atoms with van der Waals surface area (Å²) in [7, 11) is 3.90. The van der Waals surface area contributed by atoms with E-state index in [1.807, 2.05) is 63.1 Å². The van der Waals surface area contributed by atoms with Gasteiger partial charge in [0, 0.05) is 36.9 Å². The molecule has 2 unspecified atom stereocenters. The van der Waals surface area contributed by atoms with Gasteiger partial charge in [0.25, 0.3) is 0 Å². The van der Waals surface area contributed by atoms with Gasteiger partial charge in [-0.2, -0.15) is 0 Å². The fraction of sp³-hybridized carbons (Fsp3) is 0.333. The van der Waals surface area contributed by atoms with Gasteiger partial charge in [-0.1, -0.05) is 0 Å². The monoisotopic (exact) mass is 362 g/mol. The van der Waals surface area contributed by atoms with E-state index in [1.54, 1.807) is 0 Å². The van der Waals surface area contributed by atoms with E-state index in [9.17, 15) is 0 Å². The van der Waals surface area contributed by atoms with E-state index in [1.165, 1.54) is 11.1 Å². The molecule has 4 N–H and O–H groups in total. The number of aromatic nitrogens is 2. The standard InChI is InChI=1S/2C8H12N2.C2H2O4/c2*1-7(9-2)8-3-5-10-6-4-8;3-1(4)2(5)6/h2*3-7,9H,1-2H3;(H,3,4)(H,5,6). The summed E-state index contributed by atoms with van der Waals surface area (Å²) in [5, 5.41) is 21.1. The predicted octanol–water partition coefficient (Wildman–Crippen LogP) is 1.88. The molecule has 0 amide bonds. The number of carbonyl (C=O) groups is 2. The van der Waals surface area contributed by atoms with Gasteiger partial charge in [0.15, 0.2) is 0 Å². The van der Waals surface area contributed by atoms with Gasteiger partial charge in [-0.05, 0) is 63.3 Å². The zero-order chi connectivity index (χ0) is 19.9. The Hall–Kier alpha value is -2.84. The van der Waals surface area contributed by atoms with Gasteiger partial charge in [-0.3, -0.25) is 9.97 Å². The molecule has 8 heteroatoms. The summed E-state index contributed by atoms with van der Waals surface area (Å²) < 4.78 is 0. The van der Waals surface area contributed by atoms with Gasteiger partial charge >= 0.3 is 11.9 Å². The minimum atomic E-state index is -1.82. The molecule has 2 rings (SSSR count). The van der Waals surface area contributed by atoms with Crippen molar-refractivity contribution in [1.29, 1.82) is 0 Å². The summed E-state index contributed by atoms with van der Waals surface area (Å²) in [5.41, 5.74) is 2.55. The van der Waals surface area contributed by atoms with Crippen molar-refractivity contribution >= 4 is 11.9 Å². The molecule has 0 saturated carbocycles. The minimum absolute atomic E-state index is 0.419. The van der Waals surface area contributed by atoms with Crippen LogP contribution in [-0.2, 0) is 9.59 Å². The lowest BCUT2D eigenvalue weighted by Gasteiger charge is -2.08. The largest absolute Gasteiger partial charge is 0.473 e. The van der Waals surface area contributed by atoms with Crippen LogP contribution in [0.5, 0.6) is 0 Å². The van der Waals surface area contributed by atoms with Crippen molar-refractivity contribution in [3.63, 3.8) is 0 Å². The van der Waals surface area contributed by atoms with Gasteiger partial charge in [0.2, 0.25) is 0 Å². The van der Waals surface area contributed by atoms with E-state index in [2.05, 4.69) is 34.4 Å². The van der Waals surface area contributed by atoms with E-state index in [0.29, 0.717) is 12.1 Å². The Morgan fingerprint density at radius 2 is 1.04 bits per heavy atom. The van der Waals surface area contributed by atoms with Gasteiger partial charge in [-0.15, -0.1) is 0 Å². The first kappa shape index (κ1) is 23.2. The Morgan fingerprint density at radius 1 is 0.769 bits per heavy atom. The van der Waals surface area contributed by atoms with E-state index < -0.39 is 11.9 Å². The Morgan fingerprint density at radius 3 is 1.23 bits per heavy atom. The second-order valence-electron chi connectivity index (χ2n) is 5.19. The van der Waals surface area contributed by atoms with Crippen molar-refractivity contribution in [1.82, 2.24) is 20.6 Å². The number of carboxylic acid groups (broad SMARTS) is 2. The number of hydrogen-bond acceptors (Lipinski definition) is 6. The van der Waals surface area contributed by atoms with Crippen molar-refractivity contribution < 1.29 is 19.8 Å². The summed E-state index contributed by atoms with van der Waals surface area (Å²) in [5.74, 6) is -3.65. The van der Waals surface area contributed by atoms with Crippen LogP contribution in [0.2, 0.25) is 0 Å². The topological polar surface area (TPSA) is 124 Å². The van der Waals surface area contributed by atoms with Crippen LogP contribution in [0.1, 0.15) is 37.1 Å². The Kier molecular flexibility index (Phi) is 12.0. The maximum Gasteiger partial charge on any atom is 0.414 e. The Labute approximate surface area is 153 Å². The molecule has 0 spiro atoms. The average molecular weight is 362 g/mol. The second kappa shape index (κ2) is 13.5. The summed E-state index contributed by atoms with van der Waals surface area (Å²) in [6.07, 6.45) is 7.23. The molecule has 0 fully saturated rings. The predicted molar refractivity (Wildman–Crippen MR) is 98.7 cm³/mol. The van der Waals surface area contributed by atoms with Gasteiger partial charge in [0.05, 0.1) is 0 Å². The van der Waals surface area contributed by atoms with E-state index in [0.717, 1.165) is 0 Å². The molecular formula is C18H26N4O4. The van der Waals surface area contributed by atoms with Crippen LogP contribution in [0.15, 0.2) is 49.1 Å². The maximum absolute atomic E-state index is 9.10. The third-order valence-corrected chi connectivity index (χ3v) is 3.46. The normalized spacial score (nSPS) is 11.7. The lowest BCUT2D eigenvalue weighted by molar-refractivity contribution is -0.159. The molecule has 8 nitrogen and oxygen atoms in total. The van der Waals surface area contributed by atoms with Crippen LogP contribution < -0.4 is 10.6 Å². The van der Waals surface area contributed by atoms with Crippen molar-refractivity contribution in [3.8, 4) is 0 Å². The van der Waals surface area contributed by atoms with Crippen LogP contribution in [0.4, 0.5) is 0 Å². The van der Waals surface area contributed by atoms with E-state index in [4.69, 9.17) is 19.8 Å². The second-order valence-corrected chi connectivity index (χ2v) is 5.19. The van der Waals surface area contributed by atoms with Crippen molar-refractivity contribution in [2.45, 2.75) is 25.9 Å². The zero-order valence-electron chi connectivity index (χ0n) is 15.4. The smallest absolute Gasteiger partial charge is 0.414 e. The molecule has 0 radical (unpaired) electrons. The molecule has 0 bridgehead atoms. The molecule has 0 aliphatic carbocycles. The summed E-state index contributed by atoms with van der Waals surface area (Å²) in [4.78, 5) is 26.1. The lowest BCUT2D eigenvalue weighted by Crippen LogP contribution is -2.11. The van der Waals surface area contributed by atoms with E-state index in [-0.39, 0.29) is 0 Å². The van der Waals surface area contributed by atoms with E-state index >= 15 is 0 Å². The molecule has 0 aromatic carbocycles. The molecule has 2 aromatic heterocycles. The van der Waals surface area contributed by atoms with Crippen LogP contribution in [-0.4, -0.2) is 46.2 Å². The van der Waals surface area contributed by atoms with Gasteiger partial charge in [-0.25, -0.2) is 9.59 Å². The average Bonchev–Trinajstić information content (AvgIpc) is 2.69. The molecule has 26 heavy (non-hydrogen) atoms. The van der Waals surface area contributed by atoms with Crippen LogP contribution in [0.25, 0.3) is 0 Å². The first-order valence-corrected chi connectivity index (χ1v) is 7.94. The molecule has 2 atom stereocenters. The Bertz CT molecular complexity index is 581. The third-order valence-electron chi connectivity index (χ3n) is 3.46. The minimum Gasteiger partial charge on any atom is -0.473 e. The van der Waals surface area contributed by atoms with Crippen LogP contribution in [0, 0.1) is 0 Å². The molecule has 2 heterocycles. The highest BCUT2D eigenvalue weighted by molar-refractivity contribution is 6.27. The number of rotatable bonds is 4. The molecule has 0 saturated heterocycles. The highest BCUT2D eigenvalue weighted by Crippen LogP contribution is 2.08. The Balaban J connectivity index is 0.000000375. The molecule has 0 aliphatic heterocycles. The summed E-state index contributed by atoms with van der Waals surface area (Å²) >= 11 is 0. The quantitative estimate of drug-likeness (QED) is 0.608. The fourth-order valence-corrected chi connectivity index (χ4v) is 1.64. The first-order valence-electron chi connectivity index (χ1n) is 7.94. The SMILES string of the molecule is CNC(C)c1ccncc1.CNC(C)c1ccncc1.O=C(O)C(=O)O. The van der Waals surface area contributed by atoms with Crippen molar-refractivity contribution in [3.05, 3.63) is 60.2 Å². The lowest BCUT2D eigenvalue weighted by atomic mass is 10.1. The highest BCUT2D eigenvalue weighted by atomic mass is 16.4. The maximum atomic E-state index is 9.10. The van der Waals surface area contributed by atoms with Crippen molar-refractivity contribution in [2.24, 2.45) is 0 Å². The molecule has 142 valence electrons.